The number of rotatable bonds is 1. The van der Waals surface area contributed by atoms with E-state index in [0.717, 1.165) is 17.1 Å². The molecule has 0 aliphatic carbocycles. The van der Waals surface area contributed by atoms with Crippen molar-refractivity contribution in [2.75, 3.05) is 0 Å². The van der Waals surface area contributed by atoms with E-state index in [-0.39, 0.29) is 5.41 Å². The van der Waals surface area contributed by atoms with Gasteiger partial charge in [-0.25, -0.2) is 9.97 Å². The first-order valence-electron chi connectivity index (χ1n) is 6.40. The first-order valence-corrected chi connectivity index (χ1v) is 6.78. The van der Waals surface area contributed by atoms with Gasteiger partial charge in [-0.2, -0.15) is 0 Å². The van der Waals surface area contributed by atoms with Crippen LogP contribution >= 0.6 is 11.6 Å². The van der Waals surface area contributed by atoms with E-state index in [9.17, 15) is 0 Å². The lowest BCUT2D eigenvalue weighted by Crippen LogP contribution is -2.16. The Kier molecular flexibility index (Phi) is 3.64. The van der Waals surface area contributed by atoms with Gasteiger partial charge in [-0.05, 0) is 19.4 Å². The van der Waals surface area contributed by atoms with Crippen LogP contribution in [0, 0.1) is 13.8 Å². The molecule has 0 fully saturated rings. The maximum atomic E-state index is 6.14. The largest absolute Gasteiger partial charge is 0.232 e. The van der Waals surface area contributed by atoms with Gasteiger partial charge in [-0.3, -0.25) is 0 Å². The molecule has 2 aromatic rings. The van der Waals surface area contributed by atoms with E-state index in [1.165, 1.54) is 11.1 Å². The Morgan fingerprint density at radius 2 is 1.68 bits per heavy atom. The van der Waals surface area contributed by atoms with Crippen LogP contribution in [0.25, 0.3) is 11.3 Å². The standard InChI is InChI=1S/C16H19ClN2/c1-10-6-7-12(11(2)8-10)13-9-14(17)19-15(18-13)16(3,4)5/h6-9H,1-5H3. The zero-order valence-corrected chi connectivity index (χ0v) is 12.8. The van der Waals surface area contributed by atoms with Crippen LogP contribution in [0.1, 0.15) is 37.7 Å². The van der Waals surface area contributed by atoms with Gasteiger partial charge < -0.3 is 0 Å². The number of benzene rings is 1. The van der Waals surface area contributed by atoms with Crippen molar-refractivity contribution in [1.82, 2.24) is 9.97 Å². The second-order valence-corrected chi connectivity index (χ2v) is 6.36. The summed E-state index contributed by atoms with van der Waals surface area (Å²) in [6.45, 7) is 10.4. The number of nitrogens with zero attached hydrogens (tertiary/aromatic N) is 2. The fraction of sp³-hybridized carbons (Fsp3) is 0.375. The molecule has 100 valence electrons. The van der Waals surface area contributed by atoms with E-state index in [1.807, 2.05) is 6.07 Å². The molecule has 0 radical (unpaired) electrons. The third-order valence-corrected chi connectivity index (χ3v) is 3.22. The molecule has 1 heterocycles. The molecule has 0 saturated carbocycles. The van der Waals surface area contributed by atoms with Crippen molar-refractivity contribution < 1.29 is 0 Å². The summed E-state index contributed by atoms with van der Waals surface area (Å²) in [6.07, 6.45) is 0. The Bertz CT molecular complexity index is 613. The van der Waals surface area contributed by atoms with Crippen molar-refractivity contribution in [3.8, 4) is 11.3 Å². The van der Waals surface area contributed by atoms with Crippen LogP contribution in [-0.2, 0) is 5.41 Å². The summed E-state index contributed by atoms with van der Waals surface area (Å²) in [5.74, 6) is 0.773. The van der Waals surface area contributed by atoms with Gasteiger partial charge in [0.05, 0.1) is 5.69 Å². The molecule has 0 unspecified atom stereocenters. The third kappa shape index (κ3) is 3.13. The molecule has 0 saturated heterocycles. The number of hydrogen-bond donors (Lipinski definition) is 0. The Morgan fingerprint density at radius 3 is 2.26 bits per heavy atom. The first kappa shape index (κ1) is 14.0. The first-order chi connectivity index (χ1) is 8.77. The Balaban J connectivity index is 2.59. The van der Waals surface area contributed by atoms with Gasteiger partial charge >= 0.3 is 0 Å². The van der Waals surface area contributed by atoms with Crippen LogP contribution in [0.4, 0.5) is 0 Å². The Hall–Kier alpha value is -1.41. The van der Waals surface area contributed by atoms with Crippen LogP contribution < -0.4 is 0 Å². The topological polar surface area (TPSA) is 25.8 Å². The van der Waals surface area contributed by atoms with Crippen molar-refractivity contribution in [1.29, 1.82) is 0 Å². The van der Waals surface area contributed by atoms with Gasteiger partial charge in [0, 0.05) is 17.0 Å². The van der Waals surface area contributed by atoms with Gasteiger partial charge in [0.2, 0.25) is 0 Å². The average molecular weight is 275 g/mol. The van der Waals surface area contributed by atoms with Crippen LogP contribution in [-0.4, -0.2) is 9.97 Å². The predicted molar refractivity (Wildman–Crippen MR) is 80.7 cm³/mol. The van der Waals surface area contributed by atoms with Crippen LogP contribution in [0.2, 0.25) is 5.15 Å². The van der Waals surface area contributed by atoms with Gasteiger partial charge in [0.1, 0.15) is 11.0 Å². The smallest absolute Gasteiger partial charge is 0.136 e. The predicted octanol–water partition coefficient (Wildman–Crippen LogP) is 4.71. The minimum Gasteiger partial charge on any atom is -0.232 e. The number of halogens is 1. The molecular weight excluding hydrogens is 256 g/mol. The lowest BCUT2D eigenvalue weighted by molar-refractivity contribution is 0.546. The molecule has 0 aliphatic rings. The van der Waals surface area contributed by atoms with Crippen molar-refractivity contribution in [2.45, 2.75) is 40.0 Å². The lowest BCUT2D eigenvalue weighted by Gasteiger charge is -2.18. The number of aryl methyl sites for hydroxylation is 2. The zero-order valence-electron chi connectivity index (χ0n) is 12.1. The minimum atomic E-state index is -0.113. The fourth-order valence-corrected chi connectivity index (χ4v) is 2.18. The number of aromatic nitrogens is 2. The summed E-state index contributed by atoms with van der Waals surface area (Å²) in [6, 6.07) is 8.17. The molecule has 0 N–H and O–H groups in total. The Labute approximate surface area is 119 Å². The summed E-state index contributed by atoms with van der Waals surface area (Å²) in [7, 11) is 0. The van der Waals surface area contributed by atoms with Gasteiger partial charge in [-0.15, -0.1) is 0 Å². The summed E-state index contributed by atoms with van der Waals surface area (Å²) < 4.78 is 0. The molecule has 0 atom stereocenters. The average Bonchev–Trinajstić information content (AvgIpc) is 2.26. The molecule has 19 heavy (non-hydrogen) atoms. The molecule has 0 amide bonds. The van der Waals surface area contributed by atoms with Gasteiger partial charge in [0.25, 0.3) is 0 Å². The van der Waals surface area contributed by atoms with Crippen LogP contribution in [0.3, 0.4) is 0 Å². The normalized spacial score (nSPS) is 11.7. The maximum Gasteiger partial charge on any atom is 0.136 e. The number of hydrogen-bond acceptors (Lipinski definition) is 2. The molecule has 2 rings (SSSR count). The molecular formula is C16H19ClN2. The van der Waals surface area contributed by atoms with E-state index in [2.05, 4.69) is 62.8 Å². The zero-order chi connectivity index (χ0) is 14.2. The molecule has 1 aromatic carbocycles. The summed E-state index contributed by atoms with van der Waals surface area (Å²) in [4.78, 5) is 9.00. The molecule has 3 heteroatoms. The van der Waals surface area contributed by atoms with Crippen molar-refractivity contribution >= 4 is 11.6 Å². The van der Waals surface area contributed by atoms with Crippen molar-refractivity contribution in [2.24, 2.45) is 0 Å². The molecule has 0 bridgehead atoms. The van der Waals surface area contributed by atoms with E-state index >= 15 is 0 Å². The van der Waals surface area contributed by atoms with Crippen molar-refractivity contribution in [3.05, 3.63) is 46.4 Å². The molecule has 2 nitrogen and oxygen atoms in total. The van der Waals surface area contributed by atoms with E-state index in [1.54, 1.807) is 0 Å². The quantitative estimate of drug-likeness (QED) is 0.704. The van der Waals surface area contributed by atoms with E-state index in [4.69, 9.17) is 11.6 Å². The van der Waals surface area contributed by atoms with Gasteiger partial charge in [0.15, 0.2) is 0 Å². The highest BCUT2D eigenvalue weighted by Crippen LogP contribution is 2.27. The van der Waals surface area contributed by atoms with Crippen LogP contribution in [0.5, 0.6) is 0 Å². The van der Waals surface area contributed by atoms with Crippen molar-refractivity contribution in [3.63, 3.8) is 0 Å². The highest BCUT2D eigenvalue weighted by atomic mass is 35.5. The minimum absolute atomic E-state index is 0.113. The summed E-state index contributed by atoms with van der Waals surface area (Å²) in [5, 5.41) is 0.495. The van der Waals surface area contributed by atoms with Gasteiger partial charge in [-0.1, -0.05) is 56.1 Å². The summed E-state index contributed by atoms with van der Waals surface area (Å²) in [5.41, 5.74) is 4.34. The lowest BCUT2D eigenvalue weighted by atomic mass is 9.95. The molecule has 1 aromatic heterocycles. The Morgan fingerprint density at radius 1 is 1.00 bits per heavy atom. The molecule has 0 aliphatic heterocycles. The SMILES string of the molecule is Cc1ccc(-c2cc(Cl)nc(C(C)(C)C)n2)c(C)c1. The monoisotopic (exact) mass is 274 g/mol. The summed E-state index contributed by atoms with van der Waals surface area (Å²) >= 11 is 6.14. The highest BCUT2D eigenvalue weighted by molar-refractivity contribution is 6.29. The maximum absolute atomic E-state index is 6.14. The fourth-order valence-electron chi connectivity index (χ4n) is 1.99. The van der Waals surface area contributed by atoms with Crippen LogP contribution in [0.15, 0.2) is 24.3 Å². The second-order valence-electron chi connectivity index (χ2n) is 5.97. The molecule has 0 spiro atoms. The van der Waals surface area contributed by atoms with E-state index in [0.29, 0.717) is 5.15 Å². The third-order valence-electron chi connectivity index (χ3n) is 3.02. The van der Waals surface area contributed by atoms with E-state index < -0.39 is 0 Å². The second kappa shape index (κ2) is 4.93. The highest BCUT2D eigenvalue weighted by Gasteiger charge is 2.19.